The lowest BCUT2D eigenvalue weighted by atomic mass is 10.1. The van der Waals surface area contributed by atoms with E-state index in [-0.39, 0.29) is 5.82 Å². The highest BCUT2D eigenvalue weighted by atomic mass is 19.1. The van der Waals surface area contributed by atoms with Gasteiger partial charge in [0.1, 0.15) is 24.2 Å². The molecule has 0 saturated heterocycles. The van der Waals surface area contributed by atoms with Crippen LogP contribution >= 0.6 is 0 Å². The molecule has 0 aliphatic carbocycles. The topological polar surface area (TPSA) is 61.5 Å². The number of benzene rings is 2. The Morgan fingerprint density at radius 2 is 1.91 bits per heavy atom. The minimum Gasteiger partial charge on any atom is -0.489 e. The molecule has 1 atom stereocenters. The van der Waals surface area contributed by atoms with E-state index in [1.807, 2.05) is 12.1 Å². The van der Waals surface area contributed by atoms with Gasteiger partial charge in [-0.1, -0.05) is 24.3 Å². The predicted octanol–water partition coefficient (Wildman–Crippen LogP) is 2.45. The standard InChI is InChI=1S/C17H18FNO3/c1-21-17(20)16(19)10-12-5-7-15(8-6-12)22-11-13-3-2-4-14(18)9-13/h2-9,16H,10-11,19H2,1H3. The number of esters is 1. The summed E-state index contributed by atoms with van der Waals surface area (Å²) >= 11 is 0. The molecular weight excluding hydrogens is 285 g/mol. The normalized spacial score (nSPS) is 11.8. The Morgan fingerprint density at radius 1 is 1.18 bits per heavy atom. The monoisotopic (exact) mass is 303 g/mol. The SMILES string of the molecule is COC(=O)C(N)Cc1ccc(OCc2cccc(F)c2)cc1. The van der Waals surface area contributed by atoms with Gasteiger partial charge in [0.15, 0.2) is 0 Å². The first-order valence-corrected chi connectivity index (χ1v) is 6.88. The fourth-order valence-corrected chi connectivity index (χ4v) is 2.00. The third-order valence-electron chi connectivity index (χ3n) is 3.18. The molecule has 0 amide bonds. The lowest BCUT2D eigenvalue weighted by Crippen LogP contribution is -2.33. The van der Waals surface area contributed by atoms with Crippen LogP contribution in [0.15, 0.2) is 48.5 Å². The third kappa shape index (κ3) is 4.56. The first-order chi connectivity index (χ1) is 10.6. The number of carbonyl (C=O) groups excluding carboxylic acids is 1. The molecule has 0 saturated carbocycles. The third-order valence-corrected chi connectivity index (χ3v) is 3.18. The first-order valence-electron chi connectivity index (χ1n) is 6.88. The van der Waals surface area contributed by atoms with Crippen LogP contribution in [0.3, 0.4) is 0 Å². The lowest BCUT2D eigenvalue weighted by molar-refractivity contribution is -0.142. The van der Waals surface area contributed by atoms with Crippen LogP contribution in [0.2, 0.25) is 0 Å². The Bertz CT molecular complexity index is 628. The summed E-state index contributed by atoms with van der Waals surface area (Å²) in [6, 6.07) is 12.8. The van der Waals surface area contributed by atoms with Crippen LogP contribution in [0.4, 0.5) is 4.39 Å². The van der Waals surface area contributed by atoms with Crippen molar-refractivity contribution >= 4 is 5.97 Å². The zero-order valence-electron chi connectivity index (χ0n) is 12.3. The molecular formula is C17H18FNO3. The Labute approximate surface area is 128 Å². The highest BCUT2D eigenvalue weighted by molar-refractivity contribution is 5.75. The largest absolute Gasteiger partial charge is 0.489 e. The van der Waals surface area contributed by atoms with E-state index in [0.717, 1.165) is 11.1 Å². The zero-order chi connectivity index (χ0) is 15.9. The molecule has 2 N–H and O–H groups in total. The number of nitrogens with two attached hydrogens (primary N) is 1. The number of rotatable bonds is 6. The van der Waals surface area contributed by atoms with Crippen LogP contribution in [0.25, 0.3) is 0 Å². The molecule has 0 bridgehead atoms. The quantitative estimate of drug-likeness (QED) is 0.833. The minimum atomic E-state index is -0.677. The van der Waals surface area contributed by atoms with Gasteiger partial charge in [0.05, 0.1) is 7.11 Å². The van der Waals surface area contributed by atoms with Crippen LogP contribution in [0, 0.1) is 5.82 Å². The fraction of sp³-hybridized carbons (Fsp3) is 0.235. The molecule has 2 aromatic rings. The van der Waals surface area contributed by atoms with Gasteiger partial charge in [-0.15, -0.1) is 0 Å². The second-order valence-corrected chi connectivity index (χ2v) is 4.90. The summed E-state index contributed by atoms with van der Waals surface area (Å²) in [7, 11) is 1.31. The summed E-state index contributed by atoms with van der Waals surface area (Å²) in [5.74, 6) is -0.0562. The van der Waals surface area contributed by atoms with Crippen molar-refractivity contribution in [2.24, 2.45) is 5.73 Å². The highest BCUT2D eigenvalue weighted by Crippen LogP contribution is 2.15. The molecule has 0 spiro atoms. The maximum Gasteiger partial charge on any atom is 0.322 e. The molecule has 4 nitrogen and oxygen atoms in total. The van der Waals surface area contributed by atoms with E-state index < -0.39 is 12.0 Å². The van der Waals surface area contributed by atoms with E-state index in [2.05, 4.69) is 4.74 Å². The number of ether oxygens (including phenoxy) is 2. The zero-order valence-corrected chi connectivity index (χ0v) is 12.3. The van der Waals surface area contributed by atoms with Gasteiger partial charge >= 0.3 is 5.97 Å². The number of carbonyl (C=O) groups is 1. The molecule has 0 heterocycles. The highest BCUT2D eigenvalue weighted by Gasteiger charge is 2.13. The molecule has 1 unspecified atom stereocenters. The second kappa shape index (κ2) is 7.56. The van der Waals surface area contributed by atoms with Crippen LogP contribution in [0.1, 0.15) is 11.1 Å². The average Bonchev–Trinajstić information content (AvgIpc) is 2.53. The number of hydrogen-bond acceptors (Lipinski definition) is 4. The Hall–Kier alpha value is -2.40. The van der Waals surface area contributed by atoms with Crippen LogP contribution < -0.4 is 10.5 Å². The van der Waals surface area contributed by atoms with Gasteiger partial charge in [-0.2, -0.15) is 0 Å². The molecule has 0 aliphatic rings. The smallest absolute Gasteiger partial charge is 0.322 e. The summed E-state index contributed by atoms with van der Waals surface area (Å²) in [4.78, 5) is 11.3. The van der Waals surface area contributed by atoms with Crippen molar-refractivity contribution in [2.75, 3.05) is 7.11 Å². The van der Waals surface area contributed by atoms with Crippen molar-refractivity contribution < 1.29 is 18.7 Å². The van der Waals surface area contributed by atoms with Crippen molar-refractivity contribution in [3.8, 4) is 5.75 Å². The van der Waals surface area contributed by atoms with Crippen LogP contribution in [0.5, 0.6) is 5.75 Å². The first kappa shape index (κ1) is 16.0. The lowest BCUT2D eigenvalue weighted by Gasteiger charge is -2.10. The van der Waals surface area contributed by atoms with Crippen molar-refractivity contribution in [1.29, 1.82) is 0 Å². The summed E-state index contributed by atoms with van der Waals surface area (Å²) in [6.07, 6.45) is 0.400. The second-order valence-electron chi connectivity index (χ2n) is 4.90. The molecule has 0 radical (unpaired) electrons. The maximum atomic E-state index is 13.1. The van der Waals surface area contributed by atoms with Gasteiger partial charge in [-0.25, -0.2) is 4.39 Å². The van der Waals surface area contributed by atoms with Gasteiger partial charge < -0.3 is 15.2 Å². The maximum absolute atomic E-state index is 13.1. The van der Waals surface area contributed by atoms with E-state index in [9.17, 15) is 9.18 Å². The van der Waals surface area contributed by atoms with Crippen molar-refractivity contribution in [3.63, 3.8) is 0 Å². The fourth-order valence-electron chi connectivity index (χ4n) is 2.00. The number of methoxy groups -OCH3 is 1. The molecule has 2 rings (SSSR count). The molecule has 22 heavy (non-hydrogen) atoms. The Kier molecular flexibility index (Phi) is 5.49. The van der Waals surface area contributed by atoms with E-state index >= 15 is 0 Å². The average molecular weight is 303 g/mol. The van der Waals surface area contributed by atoms with Gasteiger partial charge in [0.25, 0.3) is 0 Å². The summed E-state index contributed by atoms with van der Waals surface area (Å²) in [5.41, 5.74) is 7.38. The van der Waals surface area contributed by atoms with Gasteiger partial charge in [0.2, 0.25) is 0 Å². The van der Waals surface area contributed by atoms with E-state index in [1.165, 1.54) is 19.2 Å². The molecule has 2 aromatic carbocycles. The summed E-state index contributed by atoms with van der Waals surface area (Å²) in [6.45, 7) is 0.290. The number of halogens is 1. The Morgan fingerprint density at radius 3 is 2.55 bits per heavy atom. The molecule has 116 valence electrons. The van der Waals surface area contributed by atoms with E-state index in [0.29, 0.717) is 18.8 Å². The molecule has 0 aliphatic heterocycles. The van der Waals surface area contributed by atoms with Crippen LogP contribution in [-0.4, -0.2) is 19.1 Å². The molecule has 5 heteroatoms. The van der Waals surface area contributed by atoms with Gasteiger partial charge in [-0.05, 0) is 41.8 Å². The Balaban J connectivity index is 1.90. The van der Waals surface area contributed by atoms with Crippen molar-refractivity contribution in [3.05, 3.63) is 65.5 Å². The molecule has 0 fully saturated rings. The molecule has 0 aromatic heterocycles. The van der Waals surface area contributed by atoms with Crippen LogP contribution in [-0.2, 0) is 22.6 Å². The summed E-state index contributed by atoms with van der Waals surface area (Å²) in [5, 5.41) is 0. The van der Waals surface area contributed by atoms with E-state index in [4.69, 9.17) is 10.5 Å². The van der Waals surface area contributed by atoms with Gasteiger partial charge in [0, 0.05) is 0 Å². The minimum absolute atomic E-state index is 0.284. The van der Waals surface area contributed by atoms with E-state index in [1.54, 1.807) is 24.3 Å². The number of hydrogen-bond donors (Lipinski definition) is 1. The van der Waals surface area contributed by atoms with Crippen molar-refractivity contribution in [1.82, 2.24) is 0 Å². The predicted molar refractivity (Wildman–Crippen MR) is 80.9 cm³/mol. The van der Waals surface area contributed by atoms with Gasteiger partial charge in [-0.3, -0.25) is 4.79 Å². The van der Waals surface area contributed by atoms with Crippen molar-refractivity contribution in [2.45, 2.75) is 19.1 Å². The summed E-state index contributed by atoms with van der Waals surface area (Å²) < 4.78 is 23.2.